The average molecular weight is 434 g/mol. The van der Waals surface area contributed by atoms with E-state index in [4.69, 9.17) is 12.2 Å². The molecule has 162 valence electrons. The van der Waals surface area contributed by atoms with Crippen molar-refractivity contribution in [3.63, 3.8) is 0 Å². The van der Waals surface area contributed by atoms with Crippen molar-refractivity contribution in [3.05, 3.63) is 81.6 Å². The molecule has 1 aliphatic carbocycles. The van der Waals surface area contributed by atoms with Crippen LogP contribution in [0.3, 0.4) is 0 Å². The van der Waals surface area contributed by atoms with Gasteiger partial charge >= 0.3 is 0 Å². The Hall–Kier alpha value is -2.66. The van der Waals surface area contributed by atoms with Gasteiger partial charge in [-0.1, -0.05) is 61.7 Å². The van der Waals surface area contributed by atoms with Gasteiger partial charge in [0.25, 0.3) is 5.56 Å². The number of hydrogen-bond acceptors (Lipinski definition) is 2. The van der Waals surface area contributed by atoms with Crippen LogP contribution < -0.4 is 10.9 Å². The first-order chi connectivity index (χ1) is 15.0. The number of rotatable bonds is 5. The molecule has 5 heteroatoms. The highest BCUT2D eigenvalue weighted by atomic mass is 32.1. The number of hydrogen-bond donors (Lipinski definition) is 2. The molecule has 2 aromatic carbocycles. The third-order valence-electron chi connectivity index (χ3n) is 6.33. The average Bonchev–Trinajstić information content (AvgIpc) is 2.78. The molecule has 0 spiro atoms. The predicted molar refractivity (Wildman–Crippen MR) is 132 cm³/mol. The summed E-state index contributed by atoms with van der Waals surface area (Å²) in [5, 5.41) is 5.31. The standard InChI is InChI=1S/C26H31N3OS/c1-18-13-14-21-16-22(25(30)28-24(21)15-18)17-29(23-11-7-4-8-12-23)26(31)27-19(2)20-9-5-3-6-10-20/h3,5-6,9-10,13-16,19,23H,4,7-8,11-12,17H2,1-2H3,(H,27,31)(H,28,30)/t19-/m0/s1. The molecule has 1 heterocycles. The van der Waals surface area contributed by atoms with Crippen molar-refractivity contribution < 1.29 is 0 Å². The number of fused-ring (bicyclic) bond motifs is 1. The van der Waals surface area contributed by atoms with E-state index in [0.29, 0.717) is 12.6 Å². The van der Waals surface area contributed by atoms with Crippen LogP contribution in [-0.4, -0.2) is 21.0 Å². The van der Waals surface area contributed by atoms with Gasteiger partial charge in [-0.05, 0) is 67.6 Å². The van der Waals surface area contributed by atoms with Crippen LogP contribution in [0.4, 0.5) is 0 Å². The minimum absolute atomic E-state index is 0.0298. The second-order valence-electron chi connectivity index (χ2n) is 8.72. The van der Waals surface area contributed by atoms with E-state index in [0.717, 1.165) is 40.0 Å². The van der Waals surface area contributed by atoms with Gasteiger partial charge in [-0.15, -0.1) is 0 Å². The maximum atomic E-state index is 12.9. The van der Waals surface area contributed by atoms with Gasteiger partial charge in [0.1, 0.15) is 0 Å². The number of nitrogens with one attached hydrogen (secondary N) is 2. The first kappa shape index (κ1) is 21.6. The third-order valence-corrected chi connectivity index (χ3v) is 6.69. The van der Waals surface area contributed by atoms with E-state index in [1.54, 1.807) is 0 Å². The van der Waals surface area contributed by atoms with Crippen LogP contribution in [0.15, 0.2) is 59.4 Å². The SMILES string of the molecule is Cc1ccc2cc(CN(C(=S)N[C@@H](C)c3ccccc3)C3CCCCC3)c(=O)[nH]c2c1. The Morgan fingerprint density at radius 1 is 1.13 bits per heavy atom. The Morgan fingerprint density at radius 2 is 1.87 bits per heavy atom. The molecule has 1 atom stereocenters. The summed E-state index contributed by atoms with van der Waals surface area (Å²) in [5.74, 6) is 0. The molecule has 0 unspecified atom stereocenters. The molecule has 4 nitrogen and oxygen atoms in total. The maximum Gasteiger partial charge on any atom is 0.253 e. The number of H-pyrrole nitrogens is 1. The van der Waals surface area contributed by atoms with Crippen LogP contribution in [0, 0.1) is 6.92 Å². The molecule has 1 fully saturated rings. The lowest BCUT2D eigenvalue weighted by atomic mass is 9.94. The molecule has 0 bridgehead atoms. The molecule has 31 heavy (non-hydrogen) atoms. The zero-order valence-electron chi connectivity index (χ0n) is 18.4. The number of aryl methyl sites for hydroxylation is 1. The fourth-order valence-corrected chi connectivity index (χ4v) is 4.90. The molecular weight excluding hydrogens is 402 g/mol. The molecule has 1 aliphatic rings. The fourth-order valence-electron chi connectivity index (χ4n) is 4.51. The van der Waals surface area contributed by atoms with Crippen molar-refractivity contribution in [2.45, 2.75) is 64.6 Å². The molecule has 4 rings (SSSR count). The molecule has 0 radical (unpaired) electrons. The summed E-state index contributed by atoms with van der Waals surface area (Å²) in [6.07, 6.45) is 5.94. The van der Waals surface area contributed by atoms with Crippen molar-refractivity contribution >= 4 is 28.2 Å². The molecular formula is C26H31N3OS. The van der Waals surface area contributed by atoms with Gasteiger partial charge in [-0.25, -0.2) is 0 Å². The van der Waals surface area contributed by atoms with Crippen LogP contribution in [0.1, 0.15) is 61.8 Å². The van der Waals surface area contributed by atoms with E-state index in [1.807, 2.05) is 37.3 Å². The van der Waals surface area contributed by atoms with Crippen molar-refractivity contribution in [2.75, 3.05) is 0 Å². The topological polar surface area (TPSA) is 48.1 Å². The monoisotopic (exact) mass is 433 g/mol. The second kappa shape index (κ2) is 9.65. The van der Waals surface area contributed by atoms with Gasteiger partial charge in [-0.3, -0.25) is 4.79 Å². The minimum atomic E-state index is -0.0298. The lowest BCUT2D eigenvalue weighted by Crippen LogP contribution is -2.47. The molecule has 3 aromatic rings. The number of thiocarbonyl (C=S) groups is 1. The Labute approximate surface area is 189 Å². The van der Waals surface area contributed by atoms with Crippen LogP contribution in [-0.2, 0) is 6.54 Å². The fraction of sp³-hybridized carbons (Fsp3) is 0.385. The number of benzene rings is 2. The minimum Gasteiger partial charge on any atom is -0.356 e. The van der Waals surface area contributed by atoms with Crippen molar-refractivity contribution in [2.24, 2.45) is 0 Å². The highest BCUT2D eigenvalue weighted by Crippen LogP contribution is 2.25. The summed E-state index contributed by atoms with van der Waals surface area (Å²) in [5.41, 5.74) is 3.96. The summed E-state index contributed by atoms with van der Waals surface area (Å²) in [6.45, 7) is 4.69. The summed E-state index contributed by atoms with van der Waals surface area (Å²) in [6, 6.07) is 19.0. The van der Waals surface area contributed by atoms with Crippen molar-refractivity contribution in [3.8, 4) is 0 Å². The van der Waals surface area contributed by atoms with E-state index in [1.165, 1.54) is 24.8 Å². The lowest BCUT2D eigenvalue weighted by Gasteiger charge is -2.37. The lowest BCUT2D eigenvalue weighted by molar-refractivity contribution is 0.233. The number of pyridine rings is 1. The smallest absolute Gasteiger partial charge is 0.253 e. The van der Waals surface area contributed by atoms with Gasteiger partial charge in [0.2, 0.25) is 0 Å². The van der Waals surface area contributed by atoms with Gasteiger partial charge in [-0.2, -0.15) is 0 Å². The number of aromatic amines is 1. The first-order valence-electron chi connectivity index (χ1n) is 11.3. The quantitative estimate of drug-likeness (QED) is 0.514. The van der Waals surface area contributed by atoms with E-state index in [2.05, 4.69) is 46.4 Å². The van der Waals surface area contributed by atoms with Crippen LogP contribution in [0.5, 0.6) is 0 Å². The van der Waals surface area contributed by atoms with Gasteiger partial charge in [0.15, 0.2) is 5.11 Å². The van der Waals surface area contributed by atoms with E-state index >= 15 is 0 Å². The van der Waals surface area contributed by atoms with Crippen molar-refractivity contribution in [1.82, 2.24) is 15.2 Å². The van der Waals surface area contributed by atoms with E-state index in [9.17, 15) is 4.79 Å². The third kappa shape index (κ3) is 5.16. The molecule has 1 saturated carbocycles. The zero-order valence-corrected chi connectivity index (χ0v) is 19.2. The summed E-state index contributed by atoms with van der Waals surface area (Å²) < 4.78 is 0. The first-order valence-corrected chi connectivity index (χ1v) is 11.7. The highest BCUT2D eigenvalue weighted by Gasteiger charge is 2.25. The van der Waals surface area contributed by atoms with Gasteiger partial charge in [0, 0.05) is 17.1 Å². The summed E-state index contributed by atoms with van der Waals surface area (Å²) in [4.78, 5) is 18.2. The Kier molecular flexibility index (Phi) is 6.71. The van der Waals surface area contributed by atoms with Gasteiger partial charge < -0.3 is 15.2 Å². The van der Waals surface area contributed by atoms with Crippen molar-refractivity contribution in [1.29, 1.82) is 0 Å². The Bertz CT molecular complexity index is 1100. The summed E-state index contributed by atoms with van der Waals surface area (Å²) in [7, 11) is 0. The highest BCUT2D eigenvalue weighted by molar-refractivity contribution is 7.80. The molecule has 0 amide bonds. The normalized spacial score (nSPS) is 15.5. The molecule has 2 N–H and O–H groups in total. The number of aromatic nitrogens is 1. The molecule has 0 saturated heterocycles. The van der Waals surface area contributed by atoms with Crippen LogP contribution >= 0.6 is 12.2 Å². The second-order valence-corrected chi connectivity index (χ2v) is 9.10. The number of nitrogens with zero attached hydrogens (tertiary/aromatic N) is 1. The zero-order chi connectivity index (χ0) is 21.8. The van der Waals surface area contributed by atoms with E-state index < -0.39 is 0 Å². The Morgan fingerprint density at radius 3 is 2.61 bits per heavy atom. The van der Waals surface area contributed by atoms with Gasteiger partial charge in [0.05, 0.1) is 12.6 Å². The summed E-state index contributed by atoms with van der Waals surface area (Å²) >= 11 is 5.89. The van der Waals surface area contributed by atoms with Crippen LogP contribution in [0.2, 0.25) is 0 Å². The van der Waals surface area contributed by atoms with Crippen LogP contribution in [0.25, 0.3) is 10.9 Å². The molecule has 1 aromatic heterocycles. The predicted octanol–water partition coefficient (Wildman–Crippen LogP) is 5.61. The van der Waals surface area contributed by atoms with E-state index in [-0.39, 0.29) is 11.6 Å². The maximum absolute atomic E-state index is 12.9. The molecule has 0 aliphatic heterocycles. The Balaban J connectivity index is 1.60. The largest absolute Gasteiger partial charge is 0.356 e.